The van der Waals surface area contributed by atoms with Crippen LogP contribution in [0.25, 0.3) is 0 Å². The van der Waals surface area contributed by atoms with Crippen molar-refractivity contribution in [3.05, 3.63) is 46.8 Å². The largest absolute Gasteiger partial charge is 0.429 e. The summed E-state index contributed by atoms with van der Waals surface area (Å²) in [6.45, 7) is 9.00. The molecule has 0 saturated carbocycles. The number of carbonyl (C=O) groups is 2. The van der Waals surface area contributed by atoms with Crippen molar-refractivity contribution in [2.45, 2.75) is 58.7 Å². The Hall–Kier alpha value is -2.97. The maximum atomic E-state index is 13.6. The molecule has 0 bridgehead atoms. The number of halogens is 2. The molecule has 0 N–H and O–H groups in total. The molecule has 4 rings (SSSR count). The number of anilines is 1. The van der Waals surface area contributed by atoms with Gasteiger partial charge in [-0.25, -0.2) is 8.78 Å². The maximum Gasteiger partial charge on any atom is 0.297 e. The van der Waals surface area contributed by atoms with Crippen molar-refractivity contribution in [2.75, 3.05) is 24.5 Å². The van der Waals surface area contributed by atoms with Crippen LogP contribution >= 0.6 is 0 Å². The number of alkyl halides is 2. The molecule has 7 nitrogen and oxygen atoms in total. The fraction of sp³-hybridized carbons (Fsp3) is 0.522. The number of amides is 2. The third kappa shape index (κ3) is 3.63. The minimum absolute atomic E-state index is 0.000578. The van der Waals surface area contributed by atoms with Gasteiger partial charge < -0.3 is 19.1 Å². The van der Waals surface area contributed by atoms with Crippen LogP contribution in [0.2, 0.25) is 0 Å². The van der Waals surface area contributed by atoms with Crippen LogP contribution in [-0.2, 0) is 22.1 Å². The van der Waals surface area contributed by atoms with E-state index in [0.717, 1.165) is 12.6 Å². The summed E-state index contributed by atoms with van der Waals surface area (Å²) in [6.07, 6.45) is 0. The standard InChI is InChI=1S/C23H28F2N4O3/c1-14(2)28-11-19(30)29(10-17-6-8-18(9-7-17)22(5,24)25)23(20(28)31)12-27(13-23)21-26-15(3)16(4)32-21/h6-9,14H,10-13H2,1-5H3. The van der Waals surface area contributed by atoms with E-state index in [1.807, 2.05) is 32.6 Å². The number of hydrogen-bond donors (Lipinski definition) is 0. The number of benzene rings is 1. The van der Waals surface area contributed by atoms with E-state index in [0.29, 0.717) is 17.3 Å². The molecule has 2 saturated heterocycles. The molecule has 2 aliphatic heterocycles. The van der Waals surface area contributed by atoms with Crippen LogP contribution in [0.4, 0.5) is 14.8 Å². The molecule has 0 radical (unpaired) electrons. The first-order chi connectivity index (χ1) is 14.9. The lowest BCUT2D eigenvalue weighted by Gasteiger charge is -2.58. The SMILES string of the molecule is Cc1nc(N2CC3(C2)C(=O)N(C(C)C)CC(=O)N3Cc2ccc(C(C)(F)F)cc2)oc1C. The van der Waals surface area contributed by atoms with Gasteiger partial charge in [0.05, 0.1) is 18.8 Å². The Morgan fingerprint density at radius 1 is 1.16 bits per heavy atom. The minimum Gasteiger partial charge on any atom is -0.429 e. The molecule has 172 valence electrons. The number of hydrogen-bond acceptors (Lipinski definition) is 5. The Bertz CT molecular complexity index is 1020. The molecule has 3 heterocycles. The van der Waals surface area contributed by atoms with Crippen LogP contribution in [0.5, 0.6) is 0 Å². The second kappa shape index (κ2) is 7.56. The third-order valence-electron chi connectivity index (χ3n) is 6.40. The second-order valence-corrected chi connectivity index (χ2v) is 9.12. The van der Waals surface area contributed by atoms with Gasteiger partial charge in [-0.2, -0.15) is 4.98 Å². The van der Waals surface area contributed by atoms with Gasteiger partial charge in [0.2, 0.25) is 5.91 Å². The van der Waals surface area contributed by atoms with Crippen molar-refractivity contribution in [3.63, 3.8) is 0 Å². The van der Waals surface area contributed by atoms with Crippen LogP contribution in [0.3, 0.4) is 0 Å². The van der Waals surface area contributed by atoms with Gasteiger partial charge in [0.15, 0.2) is 5.54 Å². The Balaban J connectivity index is 1.62. The Labute approximate surface area is 186 Å². The zero-order chi connectivity index (χ0) is 23.4. The van der Waals surface area contributed by atoms with E-state index < -0.39 is 11.5 Å². The van der Waals surface area contributed by atoms with Gasteiger partial charge in [0.25, 0.3) is 17.8 Å². The fourth-order valence-electron chi connectivity index (χ4n) is 4.28. The van der Waals surface area contributed by atoms with E-state index in [1.165, 1.54) is 12.1 Å². The van der Waals surface area contributed by atoms with Crippen LogP contribution in [0.1, 0.15) is 43.4 Å². The highest BCUT2D eigenvalue weighted by atomic mass is 19.3. The smallest absolute Gasteiger partial charge is 0.297 e. The van der Waals surface area contributed by atoms with Crippen molar-refractivity contribution in [2.24, 2.45) is 0 Å². The molecule has 2 aliphatic rings. The molecule has 9 heteroatoms. The molecule has 0 aliphatic carbocycles. The van der Waals surface area contributed by atoms with Crippen LogP contribution < -0.4 is 4.90 Å². The summed E-state index contributed by atoms with van der Waals surface area (Å²) >= 11 is 0. The molecule has 1 spiro atoms. The van der Waals surface area contributed by atoms with Gasteiger partial charge in [0, 0.05) is 25.1 Å². The van der Waals surface area contributed by atoms with Crippen LogP contribution in [0.15, 0.2) is 28.7 Å². The molecule has 1 aromatic carbocycles. The van der Waals surface area contributed by atoms with Crippen LogP contribution in [-0.4, -0.2) is 57.8 Å². The van der Waals surface area contributed by atoms with Gasteiger partial charge >= 0.3 is 0 Å². The molecular formula is C23H28F2N4O3. The van der Waals surface area contributed by atoms with Crippen molar-refractivity contribution in [1.29, 1.82) is 0 Å². The highest BCUT2D eigenvalue weighted by Gasteiger charge is 2.60. The predicted octanol–water partition coefficient (Wildman–Crippen LogP) is 3.24. The van der Waals surface area contributed by atoms with E-state index in [9.17, 15) is 18.4 Å². The van der Waals surface area contributed by atoms with E-state index >= 15 is 0 Å². The lowest BCUT2D eigenvalue weighted by Crippen LogP contribution is -2.81. The first kappa shape index (κ1) is 22.2. The number of carbonyl (C=O) groups excluding carboxylic acids is 2. The summed E-state index contributed by atoms with van der Waals surface area (Å²) < 4.78 is 32.8. The molecule has 2 fully saturated rings. The summed E-state index contributed by atoms with van der Waals surface area (Å²) in [5.41, 5.74) is 0.342. The van der Waals surface area contributed by atoms with E-state index in [2.05, 4.69) is 4.98 Å². The average Bonchev–Trinajstić information content (AvgIpc) is 3.01. The molecule has 2 aromatic rings. The van der Waals surface area contributed by atoms with Crippen molar-refractivity contribution in [1.82, 2.24) is 14.8 Å². The molecule has 32 heavy (non-hydrogen) atoms. The Morgan fingerprint density at radius 3 is 2.28 bits per heavy atom. The Kier molecular flexibility index (Phi) is 5.26. The Morgan fingerprint density at radius 2 is 1.78 bits per heavy atom. The van der Waals surface area contributed by atoms with E-state index in [-0.39, 0.29) is 49.6 Å². The molecular weight excluding hydrogens is 418 g/mol. The lowest BCUT2D eigenvalue weighted by atomic mass is 9.83. The quantitative estimate of drug-likeness (QED) is 0.705. The first-order valence-electron chi connectivity index (χ1n) is 10.7. The van der Waals surface area contributed by atoms with Crippen LogP contribution in [0, 0.1) is 13.8 Å². The number of oxazole rings is 1. The van der Waals surface area contributed by atoms with Gasteiger partial charge in [-0.05, 0) is 33.3 Å². The molecule has 2 amide bonds. The van der Waals surface area contributed by atoms with Gasteiger partial charge in [-0.1, -0.05) is 24.3 Å². The number of piperazine rings is 1. The predicted molar refractivity (Wildman–Crippen MR) is 114 cm³/mol. The zero-order valence-corrected chi connectivity index (χ0v) is 19.0. The molecule has 0 atom stereocenters. The highest BCUT2D eigenvalue weighted by Crippen LogP contribution is 2.38. The summed E-state index contributed by atoms with van der Waals surface area (Å²) in [6, 6.07) is 6.22. The summed E-state index contributed by atoms with van der Waals surface area (Å²) in [5, 5.41) is 0. The van der Waals surface area contributed by atoms with Crippen molar-refractivity contribution >= 4 is 17.8 Å². The highest BCUT2D eigenvalue weighted by molar-refractivity contribution is 6.00. The maximum absolute atomic E-state index is 13.6. The van der Waals surface area contributed by atoms with E-state index in [4.69, 9.17) is 4.42 Å². The third-order valence-corrected chi connectivity index (χ3v) is 6.40. The van der Waals surface area contributed by atoms with Crippen molar-refractivity contribution < 1.29 is 22.8 Å². The summed E-state index contributed by atoms with van der Waals surface area (Å²) in [5.74, 6) is -2.50. The molecule has 0 unspecified atom stereocenters. The first-order valence-corrected chi connectivity index (χ1v) is 10.7. The van der Waals surface area contributed by atoms with Gasteiger partial charge in [0.1, 0.15) is 12.3 Å². The van der Waals surface area contributed by atoms with Crippen molar-refractivity contribution in [3.8, 4) is 0 Å². The van der Waals surface area contributed by atoms with E-state index in [1.54, 1.807) is 21.9 Å². The average molecular weight is 446 g/mol. The summed E-state index contributed by atoms with van der Waals surface area (Å²) in [7, 11) is 0. The fourth-order valence-corrected chi connectivity index (χ4v) is 4.28. The monoisotopic (exact) mass is 446 g/mol. The topological polar surface area (TPSA) is 69.9 Å². The number of aryl methyl sites for hydroxylation is 2. The zero-order valence-electron chi connectivity index (χ0n) is 19.0. The normalized spacial score (nSPS) is 18.7. The van der Waals surface area contributed by atoms with Gasteiger partial charge in [-0.3, -0.25) is 9.59 Å². The minimum atomic E-state index is -2.94. The molecule has 1 aromatic heterocycles. The lowest BCUT2D eigenvalue weighted by molar-refractivity contribution is -0.170. The van der Waals surface area contributed by atoms with Gasteiger partial charge in [-0.15, -0.1) is 0 Å². The number of aromatic nitrogens is 1. The number of rotatable bonds is 5. The second-order valence-electron chi connectivity index (χ2n) is 9.12. The summed E-state index contributed by atoms with van der Waals surface area (Å²) in [4.78, 5) is 36.1. The number of nitrogens with zero attached hydrogens (tertiary/aromatic N) is 4.